The molecule has 232 valence electrons. The van der Waals surface area contributed by atoms with E-state index >= 15 is 0 Å². The van der Waals surface area contributed by atoms with Crippen molar-refractivity contribution in [3.05, 3.63) is 60.8 Å². The maximum absolute atomic E-state index is 12.8. The number of benzene rings is 2. The van der Waals surface area contributed by atoms with Crippen LogP contribution < -0.4 is 5.32 Å². The van der Waals surface area contributed by atoms with Crippen LogP contribution in [0.4, 0.5) is 5.95 Å². The molecule has 4 heterocycles. The van der Waals surface area contributed by atoms with E-state index < -0.39 is 0 Å². The van der Waals surface area contributed by atoms with Crippen molar-refractivity contribution in [2.24, 2.45) is 17.8 Å². The number of imidazole rings is 1. The van der Waals surface area contributed by atoms with Crippen molar-refractivity contribution in [2.45, 2.75) is 63.8 Å². The molecule has 9 heteroatoms. The third kappa shape index (κ3) is 6.30. The predicted molar refractivity (Wildman–Crippen MR) is 174 cm³/mol. The van der Waals surface area contributed by atoms with Crippen molar-refractivity contribution < 1.29 is 9.59 Å². The number of aromatic amines is 1. The van der Waals surface area contributed by atoms with Gasteiger partial charge in [-0.1, -0.05) is 24.3 Å². The Morgan fingerprint density at radius 3 is 2.22 bits per heavy atom. The Bertz CT molecular complexity index is 1710. The molecular weight excluding hydrogens is 562 g/mol. The molecule has 4 aromatic rings. The highest BCUT2D eigenvalue weighted by Crippen LogP contribution is 2.37. The van der Waals surface area contributed by atoms with Crippen LogP contribution >= 0.6 is 0 Å². The Labute approximate surface area is 263 Å². The van der Waals surface area contributed by atoms with Gasteiger partial charge >= 0.3 is 0 Å². The monoisotopic (exact) mass is 603 g/mol. The average molecular weight is 604 g/mol. The zero-order valence-electron chi connectivity index (χ0n) is 25.8. The summed E-state index contributed by atoms with van der Waals surface area (Å²) in [5.41, 5.74) is 4.10. The minimum atomic E-state index is 0.0529. The van der Waals surface area contributed by atoms with Gasteiger partial charge in [0, 0.05) is 62.5 Å². The van der Waals surface area contributed by atoms with Crippen molar-refractivity contribution in [1.82, 2.24) is 29.7 Å². The Morgan fingerprint density at radius 2 is 1.47 bits per heavy atom. The molecule has 2 N–H and O–H groups in total. The number of hydrogen-bond donors (Lipinski definition) is 2. The van der Waals surface area contributed by atoms with Gasteiger partial charge in [-0.3, -0.25) is 9.59 Å². The van der Waals surface area contributed by atoms with Crippen molar-refractivity contribution in [3.8, 4) is 22.4 Å². The standard InChI is InChI=1S/C36H41N7O2/c44-33(14-23-3-4-23)42-13-11-25(22-42)18-38-36-39-19-30(20-40-36)28-8-7-27-17-29(10-9-26(27)16-28)31-21-37-35(41-31)32-2-1-12-43(32)34(45)15-24-5-6-24/h7-10,16-17,19-21,23-25,32H,1-6,11-15,18,22H2,(H,37,41)(H,38,39,40)/t25-,32+/m1/s1. The van der Waals surface area contributed by atoms with Crippen LogP contribution in [0.25, 0.3) is 33.2 Å². The second-order valence-electron chi connectivity index (χ2n) is 13.7. The summed E-state index contributed by atoms with van der Waals surface area (Å²) in [6.07, 6.45) is 14.9. The van der Waals surface area contributed by atoms with Crippen LogP contribution in [0.3, 0.4) is 0 Å². The van der Waals surface area contributed by atoms with E-state index in [9.17, 15) is 9.59 Å². The zero-order chi connectivity index (χ0) is 30.3. The van der Waals surface area contributed by atoms with Crippen LogP contribution in [0, 0.1) is 17.8 Å². The molecule has 0 radical (unpaired) electrons. The molecule has 8 rings (SSSR count). The molecule has 0 spiro atoms. The molecule has 4 aliphatic rings. The highest BCUT2D eigenvalue weighted by atomic mass is 16.2. The van der Waals surface area contributed by atoms with Gasteiger partial charge in [0.1, 0.15) is 5.82 Å². The third-order valence-electron chi connectivity index (χ3n) is 10.1. The Hall–Kier alpha value is -4.27. The minimum absolute atomic E-state index is 0.0529. The molecule has 9 nitrogen and oxygen atoms in total. The molecule has 2 aromatic heterocycles. The van der Waals surface area contributed by atoms with E-state index in [1.807, 2.05) is 28.4 Å². The number of likely N-dealkylation sites (tertiary alicyclic amines) is 2. The number of hydrogen-bond acceptors (Lipinski definition) is 6. The quantitative estimate of drug-likeness (QED) is 0.223. The fraction of sp³-hybridized carbons (Fsp3) is 0.472. The largest absolute Gasteiger partial charge is 0.354 e. The first kappa shape index (κ1) is 28.2. The van der Waals surface area contributed by atoms with Gasteiger partial charge in [-0.05, 0) is 91.2 Å². The number of fused-ring (bicyclic) bond motifs is 1. The van der Waals surface area contributed by atoms with E-state index in [1.165, 1.54) is 25.7 Å². The predicted octanol–water partition coefficient (Wildman–Crippen LogP) is 6.21. The smallest absolute Gasteiger partial charge is 0.223 e. The molecule has 2 amide bonds. The van der Waals surface area contributed by atoms with E-state index in [1.54, 1.807) is 0 Å². The summed E-state index contributed by atoms with van der Waals surface area (Å²) in [6, 6.07) is 12.9. The lowest BCUT2D eigenvalue weighted by molar-refractivity contribution is -0.132. The van der Waals surface area contributed by atoms with Gasteiger partial charge in [0.15, 0.2) is 0 Å². The fourth-order valence-corrected chi connectivity index (χ4v) is 7.01. The topological polar surface area (TPSA) is 107 Å². The van der Waals surface area contributed by atoms with E-state index in [2.05, 4.69) is 56.7 Å². The summed E-state index contributed by atoms with van der Waals surface area (Å²) in [5, 5.41) is 5.67. The molecule has 2 saturated carbocycles. The third-order valence-corrected chi connectivity index (χ3v) is 10.1. The van der Waals surface area contributed by atoms with Gasteiger partial charge in [-0.2, -0.15) is 0 Å². The van der Waals surface area contributed by atoms with Crippen molar-refractivity contribution >= 4 is 28.5 Å². The van der Waals surface area contributed by atoms with E-state index in [4.69, 9.17) is 4.98 Å². The summed E-state index contributed by atoms with van der Waals surface area (Å²) in [5.74, 6) is 3.80. The van der Waals surface area contributed by atoms with E-state index in [-0.39, 0.29) is 11.9 Å². The molecule has 0 bridgehead atoms. The number of nitrogens with one attached hydrogen (secondary N) is 2. The molecule has 2 aromatic carbocycles. The highest BCUT2D eigenvalue weighted by molar-refractivity contribution is 5.90. The fourth-order valence-electron chi connectivity index (χ4n) is 7.01. The van der Waals surface area contributed by atoms with Gasteiger partial charge in [-0.15, -0.1) is 0 Å². The number of H-pyrrole nitrogens is 1. The second kappa shape index (κ2) is 11.9. The number of rotatable bonds is 10. The van der Waals surface area contributed by atoms with Gasteiger partial charge < -0.3 is 20.1 Å². The lowest BCUT2D eigenvalue weighted by Crippen LogP contribution is -2.31. The van der Waals surface area contributed by atoms with Crippen molar-refractivity contribution in [3.63, 3.8) is 0 Å². The minimum Gasteiger partial charge on any atom is -0.354 e. The molecule has 2 aliphatic carbocycles. The molecule has 0 unspecified atom stereocenters. The zero-order valence-corrected chi connectivity index (χ0v) is 25.8. The Morgan fingerprint density at radius 1 is 0.756 bits per heavy atom. The van der Waals surface area contributed by atoms with Crippen molar-refractivity contribution in [1.29, 1.82) is 0 Å². The number of anilines is 1. The number of nitrogens with zero attached hydrogens (tertiary/aromatic N) is 5. The Balaban J connectivity index is 0.892. The van der Waals surface area contributed by atoms with E-state index in [0.717, 1.165) is 90.8 Å². The first-order valence-electron chi connectivity index (χ1n) is 16.8. The summed E-state index contributed by atoms with van der Waals surface area (Å²) in [4.78, 5) is 46.7. The lowest BCUT2D eigenvalue weighted by Gasteiger charge is -2.23. The van der Waals surface area contributed by atoms with Crippen LogP contribution in [0.5, 0.6) is 0 Å². The van der Waals surface area contributed by atoms with Crippen LogP contribution in [-0.2, 0) is 9.59 Å². The average Bonchev–Trinajstić information content (AvgIpc) is 3.86. The maximum Gasteiger partial charge on any atom is 0.223 e. The summed E-state index contributed by atoms with van der Waals surface area (Å²) in [7, 11) is 0. The SMILES string of the molecule is O=C(CC1CC1)N1CC[C@H](CNc2ncc(-c3ccc4cc(-c5cnc([C@@H]6CCCN6C(=O)CC6CC6)[nH]5)ccc4c3)cn2)C1. The highest BCUT2D eigenvalue weighted by Gasteiger charge is 2.35. The summed E-state index contributed by atoms with van der Waals surface area (Å²) < 4.78 is 0. The molecule has 2 atom stereocenters. The van der Waals surface area contributed by atoms with Crippen LogP contribution in [-0.4, -0.2) is 67.7 Å². The molecular formula is C36H41N7O2. The van der Waals surface area contributed by atoms with Gasteiger partial charge in [0.2, 0.25) is 17.8 Å². The molecule has 2 aliphatic heterocycles. The normalized spacial score (nSPS) is 21.5. The van der Waals surface area contributed by atoms with Gasteiger partial charge in [0.25, 0.3) is 0 Å². The van der Waals surface area contributed by atoms with Gasteiger partial charge in [0.05, 0.1) is 17.9 Å². The Kier molecular flexibility index (Phi) is 7.47. The molecule has 4 fully saturated rings. The molecule has 2 saturated heterocycles. The number of carbonyl (C=O) groups excluding carboxylic acids is 2. The molecule has 45 heavy (non-hydrogen) atoms. The number of carbonyl (C=O) groups is 2. The second-order valence-corrected chi connectivity index (χ2v) is 13.7. The van der Waals surface area contributed by atoms with Crippen molar-refractivity contribution in [2.75, 3.05) is 31.5 Å². The first-order valence-corrected chi connectivity index (χ1v) is 16.8. The van der Waals surface area contributed by atoms with Crippen LogP contribution in [0.1, 0.15) is 69.7 Å². The van der Waals surface area contributed by atoms with E-state index in [0.29, 0.717) is 36.0 Å². The summed E-state index contributed by atoms with van der Waals surface area (Å²) in [6.45, 7) is 3.31. The van der Waals surface area contributed by atoms with Crippen LogP contribution in [0.2, 0.25) is 0 Å². The maximum atomic E-state index is 12.8. The van der Waals surface area contributed by atoms with Gasteiger partial charge in [-0.25, -0.2) is 15.0 Å². The number of aromatic nitrogens is 4. The lowest BCUT2D eigenvalue weighted by atomic mass is 10.0. The summed E-state index contributed by atoms with van der Waals surface area (Å²) >= 11 is 0. The number of amides is 2. The van der Waals surface area contributed by atoms with Crippen LogP contribution in [0.15, 0.2) is 55.0 Å². The first-order chi connectivity index (χ1) is 22.1.